The van der Waals surface area contributed by atoms with Gasteiger partial charge in [-0.2, -0.15) is 5.10 Å². The predicted molar refractivity (Wildman–Crippen MR) is 93.6 cm³/mol. The lowest BCUT2D eigenvalue weighted by atomic mass is 10.0. The second-order valence-corrected chi connectivity index (χ2v) is 6.94. The van der Waals surface area contributed by atoms with Gasteiger partial charge in [-0.25, -0.2) is 11.6 Å². The molecule has 6 nitrogen and oxygen atoms in total. The quantitative estimate of drug-likeness (QED) is 0.460. The molecule has 116 valence electrons. The first kappa shape index (κ1) is 15.3. The average Bonchev–Trinajstić information content (AvgIpc) is 3.15. The molecule has 0 spiro atoms. The van der Waals surface area contributed by atoms with E-state index in [1.54, 1.807) is 18.4 Å². The van der Waals surface area contributed by atoms with Crippen LogP contribution >= 0.6 is 22.9 Å². The van der Waals surface area contributed by atoms with E-state index in [2.05, 4.69) is 28.0 Å². The molecule has 8 heteroatoms. The van der Waals surface area contributed by atoms with Crippen molar-refractivity contribution < 1.29 is 12.8 Å². The maximum atomic E-state index is 11.0. The summed E-state index contributed by atoms with van der Waals surface area (Å²) in [5, 5.41) is 4.55. The fourth-order valence-corrected chi connectivity index (χ4v) is 3.36. The summed E-state index contributed by atoms with van der Waals surface area (Å²) in [6.45, 7) is 0. The fourth-order valence-electron chi connectivity index (χ4n) is 2.31. The summed E-state index contributed by atoms with van der Waals surface area (Å²) in [5.74, 6) is 0.882. The molecule has 0 bridgehead atoms. The molecule has 0 N–H and O–H groups in total. The molecule has 0 amide bonds. The van der Waals surface area contributed by atoms with Crippen LogP contribution in [0.2, 0.25) is 0 Å². The van der Waals surface area contributed by atoms with Gasteiger partial charge < -0.3 is 4.42 Å². The van der Waals surface area contributed by atoms with Crippen molar-refractivity contribution in [2.24, 2.45) is 5.10 Å². The molecule has 1 unspecified atom stereocenters. The van der Waals surface area contributed by atoms with Crippen molar-refractivity contribution in [2.45, 2.75) is 12.5 Å². The number of thiol groups is 1. The first-order valence-corrected chi connectivity index (χ1v) is 8.70. The number of hydrogen-bond acceptors (Lipinski definition) is 5. The summed E-state index contributed by atoms with van der Waals surface area (Å²) < 4.78 is 30.5. The molecule has 3 rings (SSSR count). The lowest BCUT2D eigenvalue weighted by molar-refractivity contribution is 0.369. The minimum absolute atomic E-state index is 0.0871. The number of halogens is 1. The zero-order valence-corrected chi connectivity index (χ0v) is 14.8. The van der Waals surface area contributed by atoms with E-state index in [9.17, 15) is 8.42 Å². The Morgan fingerprint density at radius 1 is 1.32 bits per heavy atom. The van der Waals surface area contributed by atoms with Gasteiger partial charge >= 0.3 is 0 Å². The van der Waals surface area contributed by atoms with Crippen LogP contribution in [0.5, 0.6) is 0 Å². The van der Waals surface area contributed by atoms with Gasteiger partial charge in [0, 0.05) is 13.5 Å². The number of furan rings is 1. The highest BCUT2D eigenvalue weighted by atomic mass is 127. The summed E-state index contributed by atoms with van der Waals surface area (Å²) in [6.07, 6.45) is 2.41. The SMILES string of the molecule is CN(c1ccc(C2=NN(I)C(c3ccco3)C2)cc1)[SH](=O)=O. The molecule has 1 aromatic carbocycles. The van der Waals surface area contributed by atoms with Gasteiger partial charge in [-0.3, -0.25) is 4.31 Å². The molecule has 22 heavy (non-hydrogen) atoms. The van der Waals surface area contributed by atoms with E-state index in [1.165, 1.54) is 11.4 Å². The summed E-state index contributed by atoms with van der Waals surface area (Å²) in [4.78, 5) is 0. The van der Waals surface area contributed by atoms with Crippen LogP contribution in [0, 0.1) is 0 Å². The predicted octanol–water partition coefficient (Wildman–Crippen LogP) is 2.74. The van der Waals surface area contributed by atoms with E-state index >= 15 is 0 Å². The molecular formula is C14H14IN3O3S. The van der Waals surface area contributed by atoms with Crippen molar-refractivity contribution >= 4 is 45.2 Å². The van der Waals surface area contributed by atoms with E-state index in [4.69, 9.17) is 4.42 Å². The normalized spacial score (nSPS) is 17.9. The van der Waals surface area contributed by atoms with Crippen molar-refractivity contribution in [1.29, 1.82) is 0 Å². The highest BCUT2D eigenvalue weighted by molar-refractivity contribution is 14.1. The van der Waals surface area contributed by atoms with Crippen molar-refractivity contribution in [2.75, 3.05) is 11.4 Å². The minimum atomic E-state index is -2.62. The monoisotopic (exact) mass is 431 g/mol. The van der Waals surface area contributed by atoms with E-state index in [0.29, 0.717) is 5.69 Å². The van der Waals surface area contributed by atoms with Gasteiger partial charge in [-0.15, -0.1) is 0 Å². The summed E-state index contributed by atoms with van der Waals surface area (Å²) in [6, 6.07) is 11.2. The van der Waals surface area contributed by atoms with Crippen LogP contribution < -0.4 is 4.31 Å². The van der Waals surface area contributed by atoms with Crippen molar-refractivity contribution in [3.8, 4) is 0 Å². The van der Waals surface area contributed by atoms with Crippen LogP contribution in [0.3, 0.4) is 0 Å². The van der Waals surface area contributed by atoms with E-state index in [-0.39, 0.29) is 6.04 Å². The molecule has 2 aromatic rings. The maximum Gasteiger partial charge on any atom is 0.224 e. The molecule has 0 aliphatic carbocycles. The van der Waals surface area contributed by atoms with Gasteiger partial charge in [0.05, 0.1) is 40.5 Å². The second-order valence-electron chi connectivity index (χ2n) is 4.88. The van der Waals surface area contributed by atoms with Crippen LogP contribution in [0.15, 0.2) is 52.2 Å². The molecule has 1 aromatic heterocycles. The summed E-state index contributed by atoms with van der Waals surface area (Å²) in [7, 11) is -1.09. The smallest absolute Gasteiger partial charge is 0.224 e. The Kier molecular flexibility index (Phi) is 4.39. The summed E-state index contributed by atoms with van der Waals surface area (Å²) in [5.41, 5.74) is 2.57. The fraction of sp³-hybridized carbons (Fsp3) is 0.214. The molecule has 0 saturated carbocycles. The number of hydrazone groups is 1. The van der Waals surface area contributed by atoms with Crippen molar-refractivity contribution in [3.63, 3.8) is 0 Å². The second kappa shape index (κ2) is 6.29. The average molecular weight is 431 g/mol. The number of anilines is 1. The molecule has 1 aliphatic heterocycles. The van der Waals surface area contributed by atoms with Gasteiger partial charge in [0.25, 0.3) is 0 Å². The first-order chi connectivity index (χ1) is 10.6. The van der Waals surface area contributed by atoms with Gasteiger partial charge in [0.2, 0.25) is 10.9 Å². The minimum Gasteiger partial charge on any atom is -0.467 e. The van der Waals surface area contributed by atoms with E-state index < -0.39 is 10.9 Å². The third-order valence-corrected chi connectivity index (χ3v) is 5.16. The third kappa shape index (κ3) is 2.98. The number of hydrogen-bond donors (Lipinski definition) is 1. The zero-order chi connectivity index (χ0) is 15.7. The lowest BCUT2D eigenvalue weighted by Gasteiger charge is -2.13. The van der Waals surface area contributed by atoms with Gasteiger partial charge in [0.1, 0.15) is 11.8 Å². The molecular weight excluding hydrogens is 417 g/mol. The molecule has 0 saturated heterocycles. The molecule has 1 atom stereocenters. The molecule has 0 radical (unpaired) electrons. The Labute approximate surface area is 144 Å². The van der Waals surface area contributed by atoms with Gasteiger partial charge in [-0.05, 0) is 29.8 Å². The Morgan fingerprint density at radius 3 is 2.64 bits per heavy atom. The highest BCUT2D eigenvalue weighted by Crippen LogP contribution is 2.35. The van der Waals surface area contributed by atoms with Crippen molar-refractivity contribution in [3.05, 3.63) is 54.0 Å². The topological polar surface area (TPSA) is 66.1 Å². The van der Waals surface area contributed by atoms with Gasteiger partial charge in [0.15, 0.2) is 0 Å². The molecule has 2 heterocycles. The van der Waals surface area contributed by atoms with E-state index in [0.717, 1.165) is 23.5 Å². The number of rotatable bonds is 4. The standard InChI is InChI=1S/C14H14IN3O3S/c1-17(22(19)20)11-6-4-10(5-7-11)12-9-13(18(15)16-12)14-3-2-8-21-14/h2-8,13,22H,9H2,1H3. The summed E-state index contributed by atoms with van der Waals surface area (Å²) >= 11 is 2.16. The van der Waals surface area contributed by atoms with Crippen LogP contribution in [-0.2, 0) is 10.9 Å². The van der Waals surface area contributed by atoms with Crippen LogP contribution in [0.25, 0.3) is 0 Å². The zero-order valence-electron chi connectivity index (χ0n) is 11.7. The molecule has 0 fully saturated rings. The number of nitrogens with zero attached hydrogens (tertiary/aromatic N) is 3. The maximum absolute atomic E-state index is 11.0. The first-order valence-electron chi connectivity index (χ1n) is 6.60. The van der Waals surface area contributed by atoms with Crippen molar-refractivity contribution in [1.82, 2.24) is 3.22 Å². The Bertz CT molecular complexity index is 748. The van der Waals surface area contributed by atoms with Gasteiger partial charge in [-0.1, -0.05) is 12.1 Å². The molecule has 1 aliphatic rings. The third-order valence-electron chi connectivity index (χ3n) is 3.55. The lowest BCUT2D eigenvalue weighted by Crippen LogP contribution is -2.14. The highest BCUT2D eigenvalue weighted by Gasteiger charge is 2.29. The van der Waals surface area contributed by atoms with Crippen LogP contribution in [0.4, 0.5) is 5.69 Å². The van der Waals surface area contributed by atoms with Crippen LogP contribution in [-0.4, -0.2) is 24.4 Å². The Hall–Kier alpha value is -1.55. The number of benzene rings is 1. The Morgan fingerprint density at radius 2 is 2.05 bits per heavy atom. The van der Waals surface area contributed by atoms with Crippen LogP contribution in [0.1, 0.15) is 23.8 Å². The largest absolute Gasteiger partial charge is 0.467 e. The van der Waals surface area contributed by atoms with E-state index in [1.807, 2.05) is 27.5 Å². The Balaban J connectivity index is 1.79.